The first-order valence-corrected chi connectivity index (χ1v) is 15.0. The lowest BCUT2D eigenvalue weighted by Crippen LogP contribution is -2.31. The van der Waals surface area contributed by atoms with E-state index in [9.17, 15) is 23.3 Å². The van der Waals surface area contributed by atoms with E-state index in [1.54, 1.807) is 84.9 Å². The molecule has 1 N–H and O–H groups in total. The Labute approximate surface area is 258 Å². The first-order chi connectivity index (χ1) is 21.1. The number of nitro groups is 1. The zero-order valence-corrected chi connectivity index (χ0v) is 24.8. The third-order valence-corrected chi connectivity index (χ3v) is 8.67. The van der Waals surface area contributed by atoms with Crippen LogP contribution in [0.3, 0.4) is 0 Å². The second-order valence-electron chi connectivity index (χ2n) is 9.66. The van der Waals surface area contributed by atoms with E-state index in [1.165, 1.54) is 34.8 Å². The van der Waals surface area contributed by atoms with Crippen molar-refractivity contribution in [1.82, 2.24) is 5.43 Å². The number of hydrogen-bond acceptors (Lipinski definition) is 7. The van der Waals surface area contributed by atoms with Crippen LogP contribution in [0.1, 0.15) is 27.2 Å². The average Bonchev–Trinajstić information content (AvgIpc) is 3.51. The number of sulfonamides is 1. The van der Waals surface area contributed by atoms with Crippen LogP contribution in [0, 0.1) is 17.0 Å². The van der Waals surface area contributed by atoms with Gasteiger partial charge in [-0.1, -0.05) is 48.0 Å². The minimum Gasteiger partial charge on any atom is -0.455 e. The van der Waals surface area contributed by atoms with Crippen molar-refractivity contribution < 1.29 is 22.6 Å². The number of carbonyl (C=O) groups is 1. The van der Waals surface area contributed by atoms with Crippen molar-refractivity contribution in [3.05, 3.63) is 147 Å². The maximum absolute atomic E-state index is 13.7. The van der Waals surface area contributed by atoms with Crippen molar-refractivity contribution in [2.75, 3.05) is 4.31 Å². The Kier molecular flexibility index (Phi) is 8.88. The number of carbonyl (C=O) groups excluding carboxylic acids is 1. The van der Waals surface area contributed by atoms with Crippen LogP contribution in [0.5, 0.6) is 0 Å². The second-order valence-corrected chi connectivity index (χ2v) is 12.0. The number of halogens is 1. The van der Waals surface area contributed by atoms with Crippen LogP contribution in [-0.2, 0) is 16.6 Å². The van der Waals surface area contributed by atoms with Gasteiger partial charge in [0.1, 0.15) is 11.5 Å². The van der Waals surface area contributed by atoms with Gasteiger partial charge in [0.15, 0.2) is 0 Å². The van der Waals surface area contributed by atoms with Gasteiger partial charge in [0.2, 0.25) is 0 Å². The highest BCUT2D eigenvalue weighted by molar-refractivity contribution is 7.92. The second kappa shape index (κ2) is 12.9. The van der Waals surface area contributed by atoms with Crippen LogP contribution in [0.2, 0.25) is 5.02 Å². The van der Waals surface area contributed by atoms with Crippen LogP contribution in [0.4, 0.5) is 11.4 Å². The van der Waals surface area contributed by atoms with Crippen LogP contribution in [0.15, 0.2) is 124 Å². The maximum atomic E-state index is 13.7. The molecule has 0 saturated carbocycles. The molecule has 0 bridgehead atoms. The molecule has 0 aliphatic carbocycles. The summed E-state index contributed by atoms with van der Waals surface area (Å²) in [6.45, 7) is 1.82. The summed E-state index contributed by atoms with van der Waals surface area (Å²) >= 11 is 6.24. The molecule has 0 aliphatic heterocycles. The quantitative estimate of drug-likeness (QED) is 0.101. The summed E-state index contributed by atoms with van der Waals surface area (Å²) in [5.74, 6) is 0.374. The Morgan fingerprint density at radius 2 is 1.68 bits per heavy atom. The molecule has 1 heterocycles. The molecular weight excluding hydrogens is 604 g/mol. The SMILES string of the molecule is Cc1ccc(Cl)cc1N(Cc1ccc(C(=O)N/N=C\c2ccc(-c3ccc([N+](=O)[O-])cc3)o2)cc1)S(=O)(=O)c1ccccc1. The molecule has 0 saturated heterocycles. The van der Waals surface area contributed by atoms with Crippen molar-refractivity contribution in [3.8, 4) is 11.3 Å². The van der Waals surface area contributed by atoms with Gasteiger partial charge < -0.3 is 4.42 Å². The van der Waals surface area contributed by atoms with E-state index in [0.29, 0.717) is 38.9 Å². The number of nitrogens with zero attached hydrogens (tertiary/aromatic N) is 3. The average molecular weight is 629 g/mol. The first kappa shape index (κ1) is 30.2. The fourth-order valence-corrected chi connectivity index (χ4v) is 6.04. The Morgan fingerprint density at radius 3 is 2.36 bits per heavy atom. The van der Waals surface area contributed by atoms with E-state index in [0.717, 1.165) is 5.56 Å². The van der Waals surface area contributed by atoms with Gasteiger partial charge in [-0.2, -0.15) is 5.10 Å². The van der Waals surface area contributed by atoms with Crippen LogP contribution in [-0.4, -0.2) is 25.5 Å². The summed E-state index contributed by atoms with van der Waals surface area (Å²) in [6, 6.07) is 29.0. The number of aryl methyl sites for hydroxylation is 1. The Balaban J connectivity index is 1.28. The number of rotatable bonds is 10. The highest BCUT2D eigenvalue weighted by Crippen LogP contribution is 2.31. The fraction of sp³-hybridized carbons (Fsp3) is 0.0625. The molecule has 5 rings (SSSR count). The molecule has 0 radical (unpaired) electrons. The van der Waals surface area contributed by atoms with Gasteiger partial charge in [-0.15, -0.1) is 0 Å². The molecule has 12 heteroatoms. The lowest BCUT2D eigenvalue weighted by atomic mass is 10.1. The monoisotopic (exact) mass is 628 g/mol. The summed E-state index contributed by atoms with van der Waals surface area (Å²) in [7, 11) is -3.94. The lowest BCUT2D eigenvalue weighted by Gasteiger charge is -2.26. The molecule has 4 aromatic carbocycles. The topological polar surface area (TPSA) is 135 Å². The minimum atomic E-state index is -3.94. The molecular formula is C32H25ClN4O6S. The van der Waals surface area contributed by atoms with Gasteiger partial charge in [-0.3, -0.25) is 19.2 Å². The predicted octanol–water partition coefficient (Wildman–Crippen LogP) is 6.98. The van der Waals surface area contributed by atoms with Crippen LogP contribution < -0.4 is 9.73 Å². The molecule has 0 fully saturated rings. The Hall–Kier alpha value is -5.26. The third-order valence-electron chi connectivity index (χ3n) is 6.66. The first-order valence-electron chi connectivity index (χ1n) is 13.2. The zero-order valence-electron chi connectivity index (χ0n) is 23.3. The number of anilines is 1. The smallest absolute Gasteiger partial charge is 0.271 e. The number of furan rings is 1. The van der Waals surface area contributed by atoms with Crippen LogP contribution >= 0.6 is 11.6 Å². The Bertz CT molecular complexity index is 1940. The normalized spacial score (nSPS) is 11.4. The van der Waals surface area contributed by atoms with E-state index in [2.05, 4.69) is 10.5 Å². The molecule has 5 aromatic rings. The van der Waals surface area contributed by atoms with Crippen molar-refractivity contribution >= 4 is 45.1 Å². The van der Waals surface area contributed by atoms with Gasteiger partial charge in [0.25, 0.3) is 21.6 Å². The van der Waals surface area contributed by atoms with E-state index in [4.69, 9.17) is 16.0 Å². The van der Waals surface area contributed by atoms with Gasteiger partial charge in [-0.25, -0.2) is 13.8 Å². The Morgan fingerprint density at radius 1 is 0.977 bits per heavy atom. The number of hydrazone groups is 1. The molecule has 0 aliphatic rings. The standard InChI is InChI=1S/C32H25ClN4O6S/c1-22-7-14-26(33)19-30(22)36(44(41,42)29-5-3-2-4-6-29)21-23-8-10-25(11-9-23)32(38)35-34-20-28-17-18-31(43-28)24-12-15-27(16-13-24)37(39)40/h2-20H,21H2,1H3,(H,35,38)/b34-20-. The molecule has 44 heavy (non-hydrogen) atoms. The molecule has 0 unspecified atom stereocenters. The summed E-state index contributed by atoms with van der Waals surface area (Å²) < 4.78 is 34.4. The summed E-state index contributed by atoms with van der Waals surface area (Å²) in [5, 5.41) is 15.2. The van der Waals surface area contributed by atoms with Crippen molar-refractivity contribution in [1.29, 1.82) is 0 Å². The number of benzene rings is 4. The van der Waals surface area contributed by atoms with Gasteiger partial charge in [0.05, 0.1) is 28.3 Å². The molecule has 0 atom stereocenters. The van der Waals surface area contributed by atoms with Gasteiger partial charge >= 0.3 is 0 Å². The summed E-state index contributed by atoms with van der Waals surface area (Å²) in [4.78, 5) is 23.2. The highest BCUT2D eigenvalue weighted by atomic mass is 35.5. The highest BCUT2D eigenvalue weighted by Gasteiger charge is 2.26. The molecule has 1 aromatic heterocycles. The number of non-ortho nitro benzene ring substituents is 1. The van der Waals surface area contributed by atoms with Crippen molar-refractivity contribution in [2.45, 2.75) is 18.4 Å². The van der Waals surface area contributed by atoms with Crippen molar-refractivity contribution in [3.63, 3.8) is 0 Å². The van der Waals surface area contributed by atoms with Crippen LogP contribution in [0.25, 0.3) is 11.3 Å². The summed E-state index contributed by atoms with van der Waals surface area (Å²) in [5.41, 5.74) is 5.22. The van der Waals surface area contributed by atoms with E-state index in [1.807, 2.05) is 6.92 Å². The number of nitro benzene ring substituents is 1. The fourth-order valence-electron chi connectivity index (χ4n) is 4.34. The zero-order chi connectivity index (χ0) is 31.3. The predicted molar refractivity (Wildman–Crippen MR) is 168 cm³/mol. The van der Waals surface area contributed by atoms with E-state index < -0.39 is 20.9 Å². The number of nitrogens with one attached hydrogen (secondary N) is 1. The summed E-state index contributed by atoms with van der Waals surface area (Å²) in [6.07, 6.45) is 1.33. The molecule has 1 amide bonds. The van der Waals surface area contributed by atoms with Gasteiger partial charge in [-0.05, 0) is 78.7 Å². The molecule has 10 nitrogen and oxygen atoms in total. The third kappa shape index (κ3) is 6.86. The minimum absolute atomic E-state index is 0.00799. The van der Waals surface area contributed by atoms with E-state index >= 15 is 0 Å². The number of amides is 1. The molecule has 0 spiro atoms. The van der Waals surface area contributed by atoms with Gasteiger partial charge in [0, 0.05) is 28.3 Å². The number of hydrogen-bond donors (Lipinski definition) is 1. The lowest BCUT2D eigenvalue weighted by molar-refractivity contribution is -0.384. The van der Waals surface area contributed by atoms with Crippen molar-refractivity contribution in [2.24, 2.45) is 5.10 Å². The van der Waals surface area contributed by atoms with E-state index in [-0.39, 0.29) is 17.1 Å². The largest absolute Gasteiger partial charge is 0.455 e. The maximum Gasteiger partial charge on any atom is 0.271 e. The molecule has 222 valence electrons.